The lowest BCUT2D eigenvalue weighted by Gasteiger charge is -2.05. The Balaban J connectivity index is 2.71. The number of methoxy groups -OCH3 is 1. The van der Waals surface area contributed by atoms with Crippen LogP contribution in [0, 0.1) is 10.1 Å². The van der Waals surface area contributed by atoms with E-state index in [4.69, 9.17) is 4.74 Å². The number of unbranched alkanes of at least 4 members (excludes halogenated alkanes) is 1. The summed E-state index contributed by atoms with van der Waals surface area (Å²) in [4.78, 5) is 32.5. The highest BCUT2D eigenvalue weighted by molar-refractivity contribution is 5.90. The van der Waals surface area contributed by atoms with E-state index >= 15 is 0 Å². The summed E-state index contributed by atoms with van der Waals surface area (Å²) in [7, 11) is 1.22. The average molecular weight is 295 g/mol. The number of nitrogens with zero attached hydrogens (tertiary/aromatic N) is 1. The van der Waals surface area contributed by atoms with Gasteiger partial charge in [0, 0.05) is 18.6 Å². The third-order valence-electron chi connectivity index (χ3n) is 2.85. The van der Waals surface area contributed by atoms with E-state index in [2.05, 4.69) is 4.74 Å². The van der Waals surface area contributed by atoms with Crippen molar-refractivity contribution in [1.29, 1.82) is 0 Å². The maximum absolute atomic E-state index is 11.4. The maximum Gasteiger partial charge on any atom is 0.338 e. The second kappa shape index (κ2) is 7.98. The first-order chi connectivity index (χ1) is 9.95. The van der Waals surface area contributed by atoms with Crippen molar-refractivity contribution in [2.75, 3.05) is 13.7 Å². The van der Waals surface area contributed by atoms with Crippen LogP contribution < -0.4 is 0 Å². The molecule has 0 fully saturated rings. The molecule has 0 bridgehead atoms. The molecular formula is C14H17NO6. The number of hydrogen-bond donors (Lipinski definition) is 0. The zero-order valence-corrected chi connectivity index (χ0v) is 12.0. The zero-order valence-electron chi connectivity index (χ0n) is 12.0. The van der Waals surface area contributed by atoms with Crippen LogP contribution in [-0.2, 0) is 20.7 Å². The van der Waals surface area contributed by atoms with Gasteiger partial charge < -0.3 is 9.47 Å². The predicted molar refractivity (Wildman–Crippen MR) is 74.0 cm³/mol. The van der Waals surface area contributed by atoms with Gasteiger partial charge >= 0.3 is 11.9 Å². The Kier molecular flexibility index (Phi) is 6.32. The zero-order chi connectivity index (χ0) is 15.8. The quantitative estimate of drug-likeness (QED) is 0.331. The topological polar surface area (TPSA) is 95.7 Å². The summed E-state index contributed by atoms with van der Waals surface area (Å²) in [5, 5.41) is 11.0. The summed E-state index contributed by atoms with van der Waals surface area (Å²) in [5.74, 6) is -0.956. The van der Waals surface area contributed by atoms with E-state index in [1.54, 1.807) is 6.07 Å². The van der Waals surface area contributed by atoms with E-state index in [9.17, 15) is 19.7 Å². The van der Waals surface area contributed by atoms with Crippen LogP contribution in [0.1, 0.15) is 35.7 Å². The van der Waals surface area contributed by atoms with E-state index in [0.29, 0.717) is 31.4 Å². The van der Waals surface area contributed by atoms with Crippen molar-refractivity contribution in [3.8, 4) is 0 Å². The number of aryl methyl sites for hydroxylation is 1. The number of esters is 2. The van der Waals surface area contributed by atoms with E-state index in [-0.39, 0.29) is 17.2 Å². The summed E-state index contributed by atoms with van der Waals surface area (Å²) in [5.41, 5.74) is 0.578. The Hall–Kier alpha value is -2.44. The van der Waals surface area contributed by atoms with Crippen LogP contribution in [0.4, 0.5) is 5.69 Å². The van der Waals surface area contributed by atoms with Crippen LogP contribution in [0.5, 0.6) is 0 Å². The van der Waals surface area contributed by atoms with Crippen LogP contribution in [0.15, 0.2) is 18.2 Å². The molecule has 0 amide bonds. The summed E-state index contributed by atoms with van der Waals surface area (Å²) < 4.78 is 9.33. The third kappa shape index (κ3) is 5.21. The van der Waals surface area contributed by atoms with Gasteiger partial charge in [-0.15, -0.1) is 0 Å². The third-order valence-corrected chi connectivity index (χ3v) is 2.85. The Morgan fingerprint density at radius 3 is 2.57 bits per heavy atom. The molecule has 0 saturated heterocycles. The monoisotopic (exact) mass is 295 g/mol. The number of carbonyl (C=O) groups excluding carboxylic acids is 2. The fourth-order valence-corrected chi connectivity index (χ4v) is 1.82. The number of benzene rings is 1. The highest BCUT2D eigenvalue weighted by Crippen LogP contribution is 2.22. The molecule has 0 aliphatic carbocycles. The second-order valence-electron chi connectivity index (χ2n) is 4.39. The second-order valence-corrected chi connectivity index (χ2v) is 4.39. The van der Waals surface area contributed by atoms with Crippen molar-refractivity contribution in [1.82, 2.24) is 0 Å². The Morgan fingerprint density at radius 1 is 1.29 bits per heavy atom. The number of hydrogen-bond acceptors (Lipinski definition) is 6. The fourth-order valence-electron chi connectivity index (χ4n) is 1.82. The molecule has 0 radical (unpaired) electrons. The van der Waals surface area contributed by atoms with Crippen molar-refractivity contribution in [2.45, 2.75) is 26.2 Å². The van der Waals surface area contributed by atoms with Crippen LogP contribution in [0.2, 0.25) is 0 Å². The SMILES string of the molecule is COC(=O)c1ccc(CCCCOC(C)=O)c([N+](=O)[O-])c1. The normalized spacial score (nSPS) is 10.0. The van der Waals surface area contributed by atoms with E-state index < -0.39 is 10.9 Å². The molecule has 0 aliphatic heterocycles. The molecule has 0 N–H and O–H groups in total. The number of ether oxygens (including phenoxy) is 2. The number of nitro benzene ring substituents is 1. The highest BCUT2D eigenvalue weighted by atomic mass is 16.6. The van der Waals surface area contributed by atoms with Gasteiger partial charge in [0.15, 0.2) is 0 Å². The van der Waals surface area contributed by atoms with Crippen LogP contribution in [-0.4, -0.2) is 30.6 Å². The molecule has 0 spiro atoms. The lowest BCUT2D eigenvalue weighted by Crippen LogP contribution is -2.05. The smallest absolute Gasteiger partial charge is 0.338 e. The van der Waals surface area contributed by atoms with E-state index in [0.717, 1.165) is 0 Å². The van der Waals surface area contributed by atoms with Gasteiger partial charge in [-0.2, -0.15) is 0 Å². The molecule has 0 aromatic heterocycles. The summed E-state index contributed by atoms with van der Waals surface area (Å²) >= 11 is 0. The van der Waals surface area contributed by atoms with Crippen LogP contribution in [0.25, 0.3) is 0 Å². The maximum atomic E-state index is 11.4. The minimum absolute atomic E-state index is 0.106. The summed E-state index contributed by atoms with van der Waals surface area (Å²) in [6.07, 6.45) is 1.74. The molecule has 0 atom stereocenters. The first kappa shape index (κ1) is 16.6. The van der Waals surface area contributed by atoms with Gasteiger partial charge in [0.05, 0.1) is 24.2 Å². The average Bonchev–Trinajstić information content (AvgIpc) is 2.45. The number of carbonyl (C=O) groups is 2. The molecule has 0 heterocycles. The molecule has 0 aliphatic rings. The molecule has 0 unspecified atom stereocenters. The molecule has 0 saturated carbocycles. The highest BCUT2D eigenvalue weighted by Gasteiger charge is 2.17. The molecule has 1 rings (SSSR count). The van der Waals surface area contributed by atoms with Crippen molar-refractivity contribution in [3.63, 3.8) is 0 Å². The Morgan fingerprint density at radius 2 is 2.00 bits per heavy atom. The molecule has 7 heteroatoms. The van der Waals surface area contributed by atoms with Gasteiger partial charge in [0.1, 0.15) is 0 Å². The number of nitro groups is 1. The lowest BCUT2D eigenvalue weighted by atomic mass is 10.0. The van der Waals surface area contributed by atoms with Crippen molar-refractivity contribution < 1.29 is 24.0 Å². The standard InChI is InChI=1S/C14H17NO6/c1-10(16)21-8-4-3-5-11-6-7-12(14(17)20-2)9-13(11)15(18)19/h6-7,9H,3-5,8H2,1-2H3. The first-order valence-corrected chi connectivity index (χ1v) is 6.44. The molecule has 21 heavy (non-hydrogen) atoms. The van der Waals surface area contributed by atoms with E-state index in [1.165, 1.54) is 26.2 Å². The molecule has 1 aromatic carbocycles. The summed E-state index contributed by atoms with van der Waals surface area (Å²) in [6.45, 7) is 1.62. The van der Waals surface area contributed by atoms with Crippen molar-refractivity contribution in [2.24, 2.45) is 0 Å². The van der Waals surface area contributed by atoms with Crippen molar-refractivity contribution in [3.05, 3.63) is 39.4 Å². The van der Waals surface area contributed by atoms with Gasteiger partial charge in [-0.1, -0.05) is 6.07 Å². The summed E-state index contributed by atoms with van der Waals surface area (Å²) in [6, 6.07) is 4.27. The molecular weight excluding hydrogens is 278 g/mol. The Labute approximate surface area is 122 Å². The minimum Gasteiger partial charge on any atom is -0.466 e. The fraction of sp³-hybridized carbons (Fsp3) is 0.429. The largest absolute Gasteiger partial charge is 0.466 e. The van der Waals surface area contributed by atoms with Crippen molar-refractivity contribution >= 4 is 17.6 Å². The van der Waals surface area contributed by atoms with Crippen LogP contribution >= 0.6 is 0 Å². The van der Waals surface area contributed by atoms with Gasteiger partial charge in [-0.3, -0.25) is 14.9 Å². The van der Waals surface area contributed by atoms with Gasteiger partial charge in [-0.25, -0.2) is 4.79 Å². The van der Waals surface area contributed by atoms with Gasteiger partial charge in [0.25, 0.3) is 5.69 Å². The van der Waals surface area contributed by atoms with Crippen LogP contribution in [0.3, 0.4) is 0 Å². The minimum atomic E-state index is -0.612. The van der Waals surface area contributed by atoms with E-state index in [1.807, 2.05) is 0 Å². The molecule has 1 aromatic rings. The molecule has 114 valence electrons. The van der Waals surface area contributed by atoms with Gasteiger partial charge in [-0.05, 0) is 25.3 Å². The predicted octanol–water partition coefficient (Wildman–Crippen LogP) is 2.27. The lowest BCUT2D eigenvalue weighted by molar-refractivity contribution is -0.385. The number of rotatable bonds is 7. The first-order valence-electron chi connectivity index (χ1n) is 6.44. The molecule has 7 nitrogen and oxygen atoms in total. The Bertz CT molecular complexity index is 540. The van der Waals surface area contributed by atoms with Gasteiger partial charge in [0.2, 0.25) is 0 Å².